The Hall–Kier alpha value is -3.85. The van der Waals surface area contributed by atoms with E-state index in [1.54, 1.807) is 30.7 Å². The Morgan fingerprint density at radius 2 is 1.55 bits per heavy atom. The number of piperazine rings is 1. The topological polar surface area (TPSA) is 144 Å². The van der Waals surface area contributed by atoms with E-state index in [9.17, 15) is 24.6 Å². The maximum absolute atomic E-state index is 15.0. The number of esters is 1. The van der Waals surface area contributed by atoms with E-state index in [1.807, 2.05) is 0 Å². The van der Waals surface area contributed by atoms with E-state index in [0.29, 0.717) is 11.5 Å². The Kier molecular flexibility index (Phi) is 7.51. The molecule has 0 aromatic heterocycles. The van der Waals surface area contributed by atoms with E-state index >= 15 is 0 Å². The van der Waals surface area contributed by atoms with Crippen molar-refractivity contribution in [1.29, 1.82) is 0 Å². The molecule has 2 fully saturated rings. The number of hydrogen-bond acceptors (Lipinski definition) is 12. The number of fused-ring (bicyclic) bond motifs is 5. The molecule has 4 aliphatic heterocycles. The number of rotatable bonds is 4. The number of ether oxygens (including phenoxy) is 5. The molecule has 2 saturated heterocycles. The fourth-order valence-electron chi connectivity index (χ4n) is 6.30. The lowest BCUT2D eigenvalue weighted by atomic mass is 9.93. The number of aliphatic hydroxyl groups excluding tert-OH is 2. The Labute approximate surface area is 261 Å². The van der Waals surface area contributed by atoms with Crippen LogP contribution in [0.5, 0.6) is 23.0 Å². The molecule has 2 N–H and O–H groups in total. The Morgan fingerprint density at radius 1 is 0.886 bits per heavy atom. The van der Waals surface area contributed by atoms with Gasteiger partial charge in [-0.1, -0.05) is 6.07 Å². The van der Waals surface area contributed by atoms with Gasteiger partial charge >= 0.3 is 5.97 Å². The van der Waals surface area contributed by atoms with Gasteiger partial charge in [-0.3, -0.25) is 9.59 Å². The summed E-state index contributed by atoms with van der Waals surface area (Å²) in [6, 6.07) is 7.98. The second kappa shape index (κ2) is 10.9. The Bertz CT molecular complexity index is 1610. The van der Waals surface area contributed by atoms with Crippen molar-refractivity contribution in [2.45, 2.75) is 34.1 Å². The average molecular weight is 643 g/mol. The molecule has 2 amide bonds. The standard InChI is InChI=1S/C30H30N2O10S2/c1-31-27(36)30(44-5)25(34)17-14-40-11-10-20-23(17)32(30)28(37)29(31,43-4)24(33)15-6-8-18(38-2)21(12-15)41-22-13-16(26(35)42-20)7-9-19(22)39-3/h6-14,20,23-25,33-34H,1-5H3. The summed E-state index contributed by atoms with van der Waals surface area (Å²) >= 11 is 1.95. The van der Waals surface area contributed by atoms with Crippen molar-refractivity contribution in [3.63, 3.8) is 0 Å². The number of thioether (sulfide) groups is 2. The summed E-state index contributed by atoms with van der Waals surface area (Å²) in [5.41, 5.74) is 0.510. The third-order valence-corrected chi connectivity index (χ3v) is 11.0. The van der Waals surface area contributed by atoms with Crippen molar-refractivity contribution in [3.05, 3.63) is 71.7 Å². The molecule has 6 bridgehead atoms. The highest BCUT2D eigenvalue weighted by molar-refractivity contribution is 8.01. The molecule has 4 aliphatic rings. The number of carbonyl (C=O) groups is 3. The molecule has 12 nitrogen and oxygen atoms in total. The van der Waals surface area contributed by atoms with Crippen molar-refractivity contribution >= 4 is 41.3 Å². The van der Waals surface area contributed by atoms with Gasteiger partial charge in [0.05, 0.1) is 32.3 Å². The van der Waals surface area contributed by atoms with Gasteiger partial charge < -0.3 is 43.7 Å². The molecule has 4 heterocycles. The lowest BCUT2D eigenvalue weighted by Gasteiger charge is -2.55. The Morgan fingerprint density at radius 3 is 2.20 bits per heavy atom. The summed E-state index contributed by atoms with van der Waals surface area (Å²) in [5.74, 6) is -1.16. The molecule has 0 saturated carbocycles. The molecule has 0 radical (unpaired) electrons. The first-order valence-corrected chi connectivity index (χ1v) is 15.9. The van der Waals surface area contributed by atoms with Crippen LogP contribution in [0, 0.1) is 0 Å². The van der Waals surface area contributed by atoms with Gasteiger partial charge in [-0.25, -0.2) is 4.79 Å². The zero-order valence-corrected chi connectivity index (χ0v) is 26.0. The lowest BCUT2D eigenvalue weighted by molar-refractivity contribution is -0.174. The van der Waals surface area contributed by atoms with Crippen molar-refractivity contribution < 1.29 is 48.3 Å². The van der Waals surface area contributed by atoms with E-state index in [1.165, 1.54) is 67.9 Å². The van der Waals surface area contributed by atoms with Crippen LogP contribution in [-0.4, -0.2) is 99.6 Å². The number of likely N-dealkylation sites (N-methyl/N-ethyl adjacent to an activating group) is 1. The first-order chi connectivity index (χ1) is 21.1. The fourth-order valence-corrected chi connectivity index (χ4v) is 8.35. The number of aliphatic hydroxyl groups is 2. The van der Waals surface area contributed by atoms with Gasteiger partial charge in [-0.05, 0) is 54.5 Å². The van der Waals surface area contributed by atoms with Crippen LogP contribution < -0.4 is 14.2 Å². The molecule has 232 valence electrons. The monoisotopic (exact) mass is 642 g/mol. The predicted octanol–water partition coefficient (Wildman–Crippen LogP) is 2.66. The largest absolute Gasteiger partial charge is 0.493 e. The molecular formula is C30H30N2O10S2. The predicted molar refractivity (Wildman–Crippen MR) is 160 cm³/mol. The number of amides is 2. The third kappa shape index (κ3) is 3.97. The highest BCUT2D eigenvalue weighted by atomic mass is 32.2. The van der Waals surface area contributed by atoms with Gasteiger partial charge in [0.1, 0.15) is 24.4 Å². The molecular weight excluding hydrogens is 612 g/mol. The maximum atomic E-state index is 15.0. The zero-order chi connectivity index (χ0) is 31.6. The molecule has 6 unspecified atom stereocenters. The Balaban J connectivity index is 1.65. The summed E-state index contributed by atoms with van der Waals surface area (Å²) in [4.78, 5) is 41.7. The van der Waals surface area contributed by atoms with Crippen LogP contribution in [0.3, 0.4) is 0 Å². The van der Waals surface area contributed by atoms with Crippen LogP contribution >= 0.6 is 23.5 Å². The molecule has 2 aromatic rings. The van der Waals surface area contributed by atoms with Crippen molar-refractivity contribution in [2.75, 3.05) is 33.8 Å². The van der Waals surface area contributed by atoms with Gasteiger partial charge in [-0.2, -0.15) is 0 Å². The molecule has 44 heavy (non-hydrogen) atoms. The first-order valence-electron chi connectivity index (χ1n) is 13.5. The zero-order valence-electron chi connectivity index (χ0n) is 24.4. The summed E-state index contributed by atoms with van der Waals surface area (Å²) in [6.07, 6.45) is 2.90. The minimum Gasteiger partial charge on any atom is -0.493 e. The summed E-state index contributed by atoms with van der Waals surface area (Å²) in [6.45, 7) is 0. The highest BCUT2D eigenvalue weighted by Gasteiger charge is 2.73. The maximum Gasteiger partial charge on any atom is 0.338 e. The summed E-state index contributed by atoms with van der Waals surface area (Å²) < 4.78 is 28.6. The highest BCUT2D eigenvalue weighted by Crippen LogP contribution is 2.56. The third-order valence-electron chi connectivity index (χ3n) is 8.52. The quantitative estimate of drug-likeness (QED) is 0.473. The van der Waals surface area contributed by atoms with E-state index in [2.05, 4.69) is 0 Å². The molecule has 0 spiro atoms. The van der Waals surface area contributed by atoms with Crippen molar-refractivity contribution in [2.24, 2.45) is 0 Å². The second-order valence-corrected chi connectivity index (χ2v) is 12.5. The van der Waals surface area contributed by atoms with Crippen LogP contribution in [0.2, 0.25) is 0 Å². The average Bonchev–Trinajstić information content (AvgIpc) is 3.13. The van der Waals surface area contributed by atoms with Gasteiger partial charge in [0.15, 0.2) is 32.7 Å². The van der Waals surface area contributed by atoms with Crippen molar-refractivity contribution in [3.8, 4) is 23.0 Å². The van der Waals surface area contributed by atoms with Crippen LogP contribution in [-0.2, 0) is 19.1 Å². The number of nitrogens with zero attached hydrogens (tertiary/aromatic N) is 2. The summed E-state index contributed by atoms with van der Waals surface area (Å²) in [5, 5.41) is 23.8. The van der Waals surface area contributed by atoms with Crippen LogP contribution in [0.4, 0.5) is 0 Å². The first kappa shape index (κ1) is 30.2. The minimum atomic E-state index is -1.90. The van der Waals surface area contributed by atoms with E-state index < -0.39 is 51.9 Å². The number of benzene rings is 2. The van der Waals surface area contributed by atoms with E-state index in [0.717, 1.165) is 23.5 Å². The normalized spacial score (nSPS) is 30.7. The van der Waals surface area contributed by atoms with E-state index in [4.69, 9.17) is 23.7 Å². The van der Waals surface area contributed by atoms with Gasteiger partial charge in [0.2, 0.25) is 0 Å². The van der Waals surface area contributed by atoms with Crippen LogP contribution in [0.15, 0.2) is 60.6 Å². The lowest BCUT2D eigenvalue weighted by Crippen LogP contribution is -2.76. The minimum absolute atomic E-state index is 0.101. The van der Waals surface area contributed by atoms with Gasteiger partial charge in [0, 0.05) is 12.6 Å². The molecule has 6 atom stereocenters. The second-order valence-electron chi connectivity index (χ2n) is 10.4. The van der Waals surface area contributed by atoms with Crippen LogP contribution in [0.25, 0.3) is 0 Å². The number of carbonyl (C=O) groups excluding carboxylic acids is 3. The number of hydrogen-bond donors (Lipinski definition) is 2. The smallest absolute Gasteiger partial charge is 0.338 e. The molecule has 6 rings (SSSR count). The summed E-state index contributed by atoms with van der Waals surface area (Å²) in [7, 11) is 4.31. The SMILES string of the molecule is COc1ccc2cc1Oc1cc(ccc1OC)C(O)C1(SC)C(=O)N3C4C(=COC=CC4OC2=O)C(O)C3(SC)C(=O)N1C. The van der Waals surface area contributed by atoms with Gasteiger partial charge in [-0.15, -0.1) is 23.5 Å². The molecule has 2 aromatic carbocycles. The number of methoxy groups -OCH3 is 2. The van der Waals surface area contributed by atoms with Crippen LogP contribution in [0.1, 0.15) is 22.0 Å². The molecule has 14 heteroatoms. The van der Waals surface area contributed by atoms with E-state index in [-0.39, 0.29) is 28.2 Å². The van der Waals surface area contributed by atoms with Gasteiger partial charge in [0.25, 0.3) is 11.8 Å². The fraction of sp³-hybridized carbons (Fsp3) is 0.367. The van der Waals surface area contributed by atoms with Crippen molar-refractivity contribution in [1.82, 2.24) is 9.80 Å². The molecule has 0 aliphatic carbocycles.